The molecule has 2 aromatic rings. The minimum Gasteiger partial charge on any atom is -0.495 e. The molecule has 0 radical (unpaired) electrons. The molecule has 0 unspecified atom stereocenters. The van der Waals surface area contributed by atoms with E-state index in [9.17, 15) is 9.18 Å². The summed E-state index contributed by atoms with van der Waals surface area (Å²) in [6, 6.07) is 11.7. The van der Waals surface area contributed by atoms with Crippen LogP contribution in [0.15, 0.2) is 42.5 Å². The number of methoxy groups -OCH3 is 1. The zero-order valence-electron chi connectivity index (χ0n) is 13.3. The van der Waals surface area contributed by atoms with Gasteiger partial charge in [-0.2, -0.15) is 0 Å². The van der Waals surface area contributed by atoms with Gasteiger partial charge in [-0.3, -0.25) is 4.79 Å². The first-order valence-electron chi connectivity index (χ1n) is 7.72. The van der Waals surface area contributed by atoms with Crippen LogP contribution in [0, 0.1) is 5.82 Å². The van der Waals surface area contributed by atoms with Crippen LogP contribution in [0.4, 0.5) is 10.1 Å². The van der Waals surface area contributed by atoms with E-state index in [1.54, 1.807) is 35.2 Å². The fourth-order valence-electron chi connectivity index (χ4n) is 2.84. The molecule has 0 aliphatic carbocycles. The summed E-state index contributed by atoms with van der Waals surface area (Å²) in [6.45, 7) is 2.26. The maximum absolute atomic E-state index is 13.9. The predicted molar refractivity (Wildman–Crippen MR) is 92.5 cm³/mol. The lowest BCUT2D eigenvalue weighted by Crippen LogP contribution is -2.49. The van der Waals surface area contributed by atoms with Gasteiger partial charge >= 0.3 is 0 Å². The molecule has 2 aromatic carbocycles. The molecule has 1 saturated heterocycles. The van der Waals surface area contributed by atoms with E-state index in [1.165, 1.54) is 13.2 Å². The first-order valence-corrected chi connectivity index (χ1v) is 8.10. The zero-order valence-corrected chi connectivity index (χ0v) is 14.1. The minimum absolute atomic E-state index is 0.0762. The molecular formula is C18H18ClFN2O2. The monoisotopic (exact) mass is 348 g/mol. The number of carbonyl (C=O) groups is 1. The molecule has 0 N–H and O–H groups in total. The third kappa shape index (κ3) is 3.31. The Morgan fingerprint density at radius 3 is 2.46 bits per heavy atom. The summed E-state index contributed by atoms with van der Waals surface area (Å²) in [5.74, 6) is 0.226. The second-order valence-corrected chi connectivity index (χ2v) is 5.99. The van der Waals surface area contributed by atoms with Gasteiger partial charge in [-0.1, -0.05) is 23.7 Å². The van der Waals surface area contributed by atoms with Crippen molar-refractivity contribution in [2.45, 2.75) is 0 Å². The Labute approximate surface area is 145 Å². The van der Waals surface area contributed by atoms with Crippen LogP contribution in [0.25, 0.3) is 0 Å². The number of nitrogens with zero attached hydrogens (tertiary/aromatic N) is 2. The van der Waals surface area contributed by atoms with Gasteiger partial charge in [-0.15, -0.1) is 0 Å². The van der Waals surface area contributed by atoms with Gasteiger partial charge in [-0.25, -0.2) is 4.39 Å². The third-order valence-corrected chi connectivity index (χ3v) is 4.45. The number of hydrogen-bond donors (Lipinski definition) is 0. The Morgan fingerprint density at radius 2 is 1.83 bits per heavy atom. The van der Waals surface area contributed by atoms with Crippen LogP contribution < -0.4 is 9.64 Å². The topological polar surface area (TPSA) is 32.8 Å². The van der Waals surface area contributed by atoms with E-state index in [0.29, 0.717) is 48.2 Å². The summed E-state index contributed by atoms with van der Waals surface area (Å²) in [4.78, 5) is 16.3. The molecule has 0 spiro atoms. The standard InChI is InChI=1S/C18H18ClFN2O2/c1-24-17-7-6-13(12-14(17)19)18(23)22-10-8-21(9-11-22)16-5-3-2-4-15(16)20/h2-7,12H,8-11H2,1H3. The Balaban J connectivity index is 1.67. The Hall–Kier alpha value is -2.27. The normalized spacial score (nSPS) is 14.6. The number of rotatable bonds is 3. The zero-order chi connectivity index (χ0) is 17.1. The van der Waals surface area contributed by atoms with Crippen molar-refractivity contribution in [3.63, 3.8) is 0 Å². The van der Waals surface area contributed by atoms with Crippen LogP contribution in [0.3, 0.4) is 0 Å². The number of benzene rings is 2. The molecule has 6 heteroatoms. The highest BCUT2D eigenvalue weighted by molar-refractivity contribution is 6.32. The number of piperazine rings is 1. The Morgan fingerprint density at radius 1 is 1.12 bits per heavy atom. The van der Waals surface area contributed by atoms with Crippen molar-refractivity contribution in [3.8, 4) is 5.75 Å². The summed E-state index contributed by atoms with van der Waals surface area (Å²) in [6.07, 6.45) is 0. The molecule has 1 amide bonds. The second kappa shape index (κ2) is 7.09. The van der Waals surface area contributed by atoms with E-state index in [1.807, 2.05) is 11.0 Å². The second-order valence-electron chi connectivity index (χ2n) is 5.58. The van der Waals surface area contributed by atoms with Gasteiger partial charge in [0.15, 0.2) is 0 Å². The number of para-hydroxylation sites is 1. The molecule has 0 saturated carbocycles. The fraction of sp³-hybridized carbons (Fsp3) is 0.278. The van der Waals surface area contributed by atoms with Crippen molar-refractivity contribution < 1.29 is 13.9 Å². The number of halogens is 2. The van der Waals surface area contributed by atoms with Gasteiger partial charge in [0.05, 0.1) is 17.8 Å². The average Bonchev–Trinajstić information content (AvgIpc) is 2.61. The highest BCUT2D eigenvalue weighted by atomic mass is 35.5. The molecule has 1 aliphatic rings. The average molecular weight is 349 g/mol. The first kappa shape index (κ1) is 16.6. The number of carbonyl (C=O) groups excluding carboxylic acids is 1. The molecule has 0 atom stereocenters. The molecule has 24 heavy (non-hydrogen) atoms. The lowest BCUT2D eigenvalue weighted by Gasteiger charge is -2.36. The van der Waals surface area contributed by atoms with Crippen LogP contribution in [0.1, 0.15) is 10.4 Å². The molecule has 1 heterocycles. The van der Waals surface area contributed by atoms with Crippen LogP contribution >= 0.6 is 11.6 Å². The number of hydrogen-bond acceptors (Lipinski definition) is 3. The van der Waals surface area contributed by atoms with Crippen LogP contribution in [-0.2, 0) is 0 Å². The summed E-state index contributed by atoms with van der Waals surface area (Å²) in [7, 11) is 1.53. The van der Waals surface area contributed by atoms with Crippen molar-refractivity contribution in [1.29, 1.82) is 0 Å². The smallest absolute Gasteiger partial charge is 0.254 e. The Bertz CT molecular complexity index is 746. The van der Waals surface area contributed by atoms with Crippen LogP contribution in [-0.4, -0.2) is 44.1 Å². The van der Waals surface area contributed by atoms with E-state index < -0.39 is 0 Å². The predicted octanol–water partition coefficient (Wildman–Crippen LogP) is 3.45. The largest absolute Gasteiger partial charge is 0.495 e. The van der Waals surface area contributed by atoms with Gasteiger partial charge in [-0.05, 0) is 30.3 Å². The molecule has 1 aliphatic heterocycles. The van der Waals surface area contributed by atoms with Crippen LogP contribution in [0.5, 0.6) is 5.75 Å². The molecule has 4 nitrogen and oxygen atoms in total. The van der Waals surface area contributed by atoms with Crippen molar-refractivity contribution in [2.24, 2.45) is 0 Å². The summed E-state index contributed by atoms with van der Waals surface area (Å²) in [5.41, 5.74) is 1.11. The van der Waals surface area contributed by atoms with Gasteiger partial charge in [0.1, 0.15) is 11.6 Å². The van der Waals surface area contributed by atoms with Gasteiger partial charge in [0.2, 0.25) is 0 Å². The van der Waals surface area contributed by atoms with Gasteiger partial charge < -0.3 is 14.5 Å². The van der Waals surface area contributed by atoms with Crippen molar-refractivity contribution >= 4 is 23.2 Å². The molecule has 3 rings (SSSR count). The lowest BCUT2D eigenvalue weighted by atomic mass is 10.1. The minimum atomic E-state index is -0.237. The third-order valence-electron chi connectivity index (χ3n) is 4.16. The summed E-state index contributed by atoms with van der Waals surface area (Å²) in [5, 5.41) is 0.411. The quantitative estimate of drug-likeness (QED) is 0.851. The maximum atomic E-state index is 13.9. The van der Waals surface area contributed by atoms with Gasteiger partial charge in [0, 0.05) is 31.7 Å². The molecule has 1 fully saturated rings. The number of anilines is 1. The number of ether oxygens (including phenoxy) is 1. The first-order chi connectivity index (χ1) is 11.6. The van der Waals surface area contributed by atoms with Gasteiger partial charge in [0.25, 0.3) is 5.91 Å². The molecule has 0 bridgehead atoms. The van der Waals surface area contributed by atoms with E-state index in [0.717, 1.165) is 0 Å². The van der Waals surface area contributed by atoms with E-state index >= 15 is 0 Å². The van der Waals surface area contributed by atoms with E-state index in [4.69, 9.17) is 16.3 Å². The molecular weight excluding hydrogens is 331 g/mol. The summed E-state index contributed by atoms with van der Waals surface area (Å²) < 4.78 is 19.0. The van der Waals surface area contributed by atoms with Crippen molar-refractivity contribution in [2.75, 3.05) is 38.2 Å². The van der Waals surface area contributed by atoms with Crippen LogP contribution in [0.2, 0.25) is 5.02 Å². The number of amides is 1. The van der Waals surface area contributed by atoms with E-state index in [2.05, 4.69) is 0 Å². The van der Waals surface area contributed by atoms with Crippen molar-refractivity contribution in [3.05, 3.63) is 58.9 Å². The lowest BCUT2D eigenvalue weighted by molar-refractivity contribution is 0.0746. The maximum Gasteiger partial charge on any atom is 0.254 e. The van der Waals surface area contributed by atoms with E-state index in [-0.39, 0.29) is 11.7 Å². The fourth-order valence-corrected chi connectivity index (χ4v) is 3.10. The molecule has 126 valence electrons. The summed E-state index contributed by atoms with van der Waals surface area (Å²) >= 11 is 6.09. The Kier molecular flexibility index (Phi) is 4.90. The highest BCUT2D eigenvalue weighted by Gasteiger charge is 2.24. The van der Waals surface area contributed by atoms with Crippen molar-refractivity contribution in [1.82, 2.24) is 4.90 Å². The molecule has 0 aromatic heterocycles. The highest BCUT2D eigenvalue weighted by Crippen LogP contribution is 2.26. The SMILES string of the molecule is COc1ccc(C(=O)N2CCN(c3ccccc3F)CC2)cc1Cl.